The zero-order chi connectivity index (χ0) is 13.3. The Labute approximate surface area is 116 Å². The summed E-state index contributed by atoms with van der Waals surface area (Å²) in [5, 5.41) is 7.83. The van der Waals surface area contributed by atoms with Gasteiger partial charge < -0.3 is 5.32 Å². The monoisotopic (exact) mass is 308 g/mol. The van der Waals surface area contributed by atoms with Crippen molar-refractivity contribution >= 4 is 21.6 Å². The highest BCUT2D eigenvalue weighted by Crippen LogP contribution is 2.19. The number of hydrogen-bond donors (Lipinski definition) is 1. The molecule has 2 aromatic heterocycles. The van der Waals surface area contributed by atoms with Crippen LogP contribution in [0.2, 0.25) is 0 Å². The number of nitrogens with zero attached hydrogens (tertiary/aromatic N) is 3. The quantitative estimate of drug-likeness (QED) is 0.886. The Bertz CT molecular complexity index is 575. The lowest BCUT2D eigenvalue weighted by Crippen LogP contribution is -2.04. The summed E-state index contributed by atoms with van der Waals surface area (Å²) in [7, 11) is 1.97. The highest BCUT2D eigenvalue weighted by molar-refractivity contribution is 9.10. The van der Waals surface area contributed by atoms with Gasteiger partial charge in [0.1, 0.15) is 4.60 Å². The molecule has 0 saturated heterocycles. The van der Waals surface area contributed by atoms with Gasteiger partial charge in [0.25, 0.3) is 0 Å². The number of pyridine rings is 1. The first kappa shape index (κ1) is 13.1. The Hall–Kier alpha value is -1.36. The lowest BCUT2D eigenvalue weighted by Gasteiger charge is -2.09. The smallest absolute Gasteiger partial charge is 0.106 e. The van der Waals surface area contributed by atoms with Crippen molar-refractivity contribution in [2.45, 2.75) is 27.3 Å². The van der Waals surface area contributed by atoms with Crippen LogP contribution < -0.4 is 5.32 Å². The van der Waals surface area contributed by atoms with E-state index in [0.717, 1.165) is 28.2 Å². The topological polar surface area (TPSA) is 42.7 Å². The molecule has 0 aromatic carbocycles. The van der Waals surface area contributed by atoms with Crippen molar-refractivity contribution in [2.24, 2.45) is 7.05 Å². The summed E-state index contributed by atoms with van der Waals surface area (Å²) >= 11 is 3.37. The highest BCUT2D eigenvalue weighted by Gasteiger charge is 2.09. The summed E-state index contributed by atoms with van der Waals surface area (Å²) in [5.74, 6) is 0. The second-order valence-electron chi connectivity index (χ2n) is 4.39. The molecule has 4 nitrogen and oxygen atoms in total. The minimum absolute atomic E-state index is 0.773. The number of hydrogen-bond acceptors (Lipinski definition) is 3. The van der Waals surface area contributed by atoms with Gasteiger partial charge in [0.05, 0.1) is 17.1 Å². The van der Waals surface area contributed by atoms with Crippen molar-refractivity contribution in [3.05, 3.63) is 39.4 Å². The lowest BCUT2D eigenvalue weighted by molar-refractivity contribution is 0.730. The van der Waals surface area contributed by atoms with E-state index in [-0.39, 0.29) is 0 Å². The van der Waals surface area contributed by atoms with Gasteiger partial charge in [-0.05, 0) is 48.8 Å². The van der Waals surface area contributed by atoms with E-state index in [0.29, 0.717) is 0 Å². The summed E-state index contributed by atoms with van der Waals surface area (Å²) in [6, 6.07) is 3.98. The molecule has 0 amide bonds. The SMILES string of the molecule is Cc1nc(Br)ccc1NCc1c(C)nn(C)c1C. The maximum Gasteiger partial charge on any atom is 0.106 e. The van der Waals surface area contributed by atoms with Gasteiger partial charge in [-0.15, -0.1) is 0 Å². The van der Waals surface area contributed by atoms with E-state index < -0.39 is 0 Å². The van der Waals surface area contributed by atoms with Crippen molar-refractivity contribution in [2.75, 3.05) is 5.32 Å². The molecule has 0 spiro atoms. The molecule has 0 fully saturated rings. The maximum atomic E-state index is 4.41. The highest BCUT2D eigenvalue weighted by atomic mass is 79.9. The molecule has 1 N–H and O–H groups in total. The number of aromatic nitrogens is 3. The molecule has 0 aliphatic heterocycles. The minimum atomic E-state index is 0.773. The van der Waals surface area contributed by atoms with Crippen LogP contribution in [0.15, 0.2) is 16.7 Å². The molecule has 2 rings (SSSR count). The number of nitrogens with one attached hydrogen (secondary N) is 1. The Morgan fingerprint density at radius 2 is 1.94 bits per heavy atom. The second-order valence-corrected chi connectivity index (χ2v) is 5.21. The van der Waals surface area contributed by atoms with E-state index in [2.05, 4.69) is 38.3 Å². The van der Waals surface area contributed by atoms with Crippen LogP contribution in [0.1, 0.15) is 22.6 Å². The number of rotatable bonds is 3. The molecule has 2 aromatic rings. The van der Waals surface area contributed by atoms with Crippen LogP contribution in [0.3, 0.4) is 0 Å². The fourth-order valence-corrected chi connectivity index (χ4v) is 2.37. The normalized spacial score (nSPS) is 10.7. The molecule has 0 unspecified atom stereocenters. The van der Waals surface area contributed by atoms with E-state index in [1.165, 1.54) is 11.3 Å². The Morgan fingerprint density at radius 3 is 2.50 bits per heavy atom. The number of aryl methyl sites for hydroxylation is 3. The van der Waals surface area contributed by atoms with Crippen molar-refractivity contribution in [3.63, 3.8) is 0 Å². The van der Waals surface area contributed by atoms with Crippen LogP contribution >= 0.6 is 15.9 Å². The van der Waals surface area contributed by atoms with Crippen molar-refractivity contribution < 1.29 is 0 Å². The van der Waals surface area contributed by atoms with Crippen LogP contribution in [0.25, 0.3) is 0 Å². The summed E-state index contributed by atoms with van der Waals surface area (Å²) < 4.78 is 2.78. The van der Waals surface area contributed by atoms with Crippen LogP contribution in [-0.2, 0) is 13.6 Å². The average Bonchev–Trinajstić information content (AvgIpc) is 2.53. The first-order valence-electron chi connectivity index (χ1n) is 5.85. The molecule has 5 heteroatoms. The van der Waals surface area contributed by atoms with E-state index >= 15 is 0 Å². The predicted molar refractivity (Wildman–Crippen MR) is 76.7 cm³/mol. The summed E-state index contributed by atoms with van der Waals surface area (Å²) in [6.45, 7) is 6.89. The van der Waals surface area contributed by atoms with E-state index in [1.54, 1.807) is 0 Å². The third-order valence-electron chi connectivity index (χ3n) is 3.17. The summed E-state index contributed by atoms with van der Waals surface area (Å²) in [6.07, 6.45) is 0. The fourth-order valence-electron chi connectivity index (χ4n) is 1.97. The molecule has 0 aliphatic rings. The summed E-state index contributed by atoms with van der Waals surface area (Å²) in [5.41, 5.74) is 5.57. The van der Waals surface area contributed by atoms with Gasteiger partial charge in [0.15, 0.2) is 0 Å². The molecule has 0 radical (unpaired) electrons. The van der Waals surface area contributed by atoms with E-state index in [4.69, 9.17) is 0 Å². The number of anilines is 1. The van der Waals surface area contributed by atoms with Gasteiger partial charge in [-0.25, -0.2) is 4.98 Å². The van der Waals surface area contributed by atoms with Crippen molar-refractivity contribution in [3.8, 4) is 0 Å². The molecule has 0 saturated carbocycles. The van der Waals surface area contributed by atoms with Gasteiger partial charge >= 0.3 is 0 Å². The largest absolute Gasteiger partial charge is 0.379 e. The third-order valence-corrected chi connectivity index (χ3v) is 3.61. The summed E-state index contributed by atoms with van der Waals surface area (Å²) in [4.78, 5) is 4.37. The maximum absolute atomic E-state index is 4.41. The van der Waals surface area contributed by atoms with Crippen LogP contribution in [0.4, 0.5) is 5.69 Å². The van der Waals surface area contributed by atoms with Crippen LogP contribution in [-0.4, -0.2) is 14.8 Å². The van der Waals surface area contributed by atoms with Gasteiger partial charge in [0, 0.05) is 24.8 Å². The first-order chi connectivity index (χ1) is 8.49. The zero-order valence-corrected chi connectivity index (χ0v) is 12.7. The van der Waals surface area contributed by atoms with E-state index in [9.17, 15) is 0 Å². The standard InChI is InChI=1S/C13H17BrN4/c1-8-11(10(3)18(4)17-8)7-15-12-5-6-13(14)16-9(12)2/h5-6,15H,7H2,1-4H3. The molecule has 0 bridgehead atoms. The minimum Gasteiger partial charge on any atom is -0.379 e. The molecule has 18 heavy (non-hydrogen) atoms. The fraction of sp³-hybridized carbons (Fsp3) is 0.385. The van der Waals surface area contributed by atoms with Gasteiger partial charge in [-0.3, -0.25) is 4.68 Å². The van der Waals surface area contributed by atoms with Gasteiger partial charge in [0.2, 0.25) is 0 Å². The van der Waals surface area contributed by atoms with Gasteiger partial charge in [-0.1, -0.05) is 0 Å². The average molecular weight is 309 g/mol. The first-order valence-corrected chi connectivity index (χ1v) is 6.64. The third kappa shape index (κ3) is 2.56. The Kier molecular flexibility index (Phi) is 3.71. The molecule has 0 atom stereocenters. The molecule has 0 aliphatic carbocycles. The van der Waals surface area contributed by atoms with Crippen molar-refractivity contribution in [1.82, 2.24) is 14.8 Å². The number of halogens is 1. The predicted octanol–water partition coefficient (Wildman–Crippen LogP) is 3.11. The Morgan fingerprint density at radius 1 is 1.22 bits per heavy atom. The zero-order valence-electron chi connectivity index (χ0n) is 11.1. The molecule has 96 valence electrons. The second kappa shape index (κ2) is 5.10. The molecule has 2 heterocycles. The van der Waals surface area contributed by atoms with Gasteiger partial charge in [-0.2, -0.15) is 5.10 Å². The Balaban J connectivity index is 2.16. The van der Waals surface area contributed by atoms with Crippen LogP contribution in [0.5, 0.6) is 0 Å². The molecular formula is C13H17BrN4. The molecular weight excluding hydrogens is 292 g/mol. The van der Waals surface area contributed by atoms with E-state index in [1.807, 2.05) is 37.7 Å². The van der Waals surface area contributed by atoms with Crippen molar-refractivity contribution in [1.29, 1.82) is 0 Å². The lowest BCUT2D eigenvalue weighted by atomic mass is 10.2. The van der Waals surface area contributed by atoms with Crippen LogP contribution in [0, 0.1) is 20.8 Å².